The van der Waals surface area contributed by atoms with Gasteiger partial charge in [0, 0.05) is 50.6 Å². The summed E-state index contributed by atoms with van der Waals surface area (Å²) in [5.74, 6) is 0.337. The quantitative estimate of drug-likeness (QED) is 0.467. The van der Waals surface area contributed by atoms with Gasteiger partial charge >= 0.3 is 0 Å². The first kappa shape index (κ1) is 20.2. The predicted molar refractivity (Wildman–Crippen MR) is 125 cm³/mol. The van der Waals surface area contributed by atoms with Crippen LogP contribution in [0.4, 0.5) is 10.1 Å². The van der Waals surface area contributed by atoms with Crippen molar-refractivity contribution in [1.82, 2.24) is 14.3 Å². The van der Waals surface area contributed by atoms with Crippen LogP contribution in [0.5, 0.6) is 0 Å². The third kappa shape index (κ3) is 3.62. The van der Waals surface area contributed by atoms with E-state index in [9.17, 15) is 9.18 Å². The number of pyridine rings is 1. The second-order valence-corrected chi connectivity index (χ2v) is 8.47. The van der Waals surface area contributed by atoms with Crippen molar-refractivity contribution in [1.29, 1.82) is 0 Å². The average Bonchev–Trinajstić information content (AvgIpc) is 3.45. The number of rotatable bonds is 4. The molecule has 0 N–H and O–H groups in total. The van der Waals surface area contributed by atoms with E-state index in [2.05, 4.69) is 29.2 Å². The van der Waals surface area contributed by atoms with E-state index in [1.165, 1.54) is 17.7 Å². The summed E-state index contributed by atoms with van der Waals surface area (Å²) in [4.78, 5) is 22.1. The Kier molecular flexibility index (Phi) is 5.13. The van der Waals surface area contributed by atoms with Crippen LogP contribution in [0.2, 0.25) is 0 Å². The van der Waals surface area contributed by atoms with Crippen molar-refractivity contribution in [2.24, 2.45) is 0 Å². The van der Waals surface area contributed by atoms with Crippen molar-refractivity contribution in [3.05, 3.63) is 90.1 Å². The Morgan fingerprint density at radius 1 is 1.03 bits per heavy atom. The van der Waals surface area contributed by atoms with Crippen LogP contribution in [0.25, 0.3) is 16.8 Å². The molecule has 3 heterocycles. The number of halogens is 1. The zero-order valence-corrected chi connectivity index (χ0v) is 18.2. The van der Waals surface area contributed by atoms with Gasteiger partial charge in [0.05, 0.1) is 11.2 Å². The molecule has 1 saturated heterocycles. The number of carbonyl (C=O) groups is 1. The molecule has 5 rings (SSSR count). The molecule has 162 valence electrons. The number of benzene rings is 2. The highest BCUT2D eigenvalue weighted by Gasteiger charge is 2.30. The zero-order valence-electron chi connectivity index (χ0n) is 18.2. The van der Waals surface area contributed by atoms with Gasteiger partial charge in [0.1, 0.15) is 5.82 Å². The second kappa shape index (κ2) is 8.11. The fraction of sp³-hybridized carbons (Fsp3) is 0.231. The van der Waals surface area contributed by atoms with Gasteiger partial charge in [0.2, 0.25) is 5.82 Å². The third-order valence-electron chi connectivity index (χ3n) is 6.21. The highest BCUT2D eigenvalue weighted by Crippen LogP contribution is 2.31. The first-order chi connectivity index (χ1) is 15.5. The summed E-state index contributed by atoms with van der Waals surface area (Å²) in [5, 5.41) is 0. The summed E-state index contributed by atoms with van der Waals surface area (Å²) >= 11 is 0. The van der Waals surface area contributed by atoms with Gasteiger partial charge in [-0.15, -0.1) is 0 Å². The smallest absolute Gasteiger partial charge is 0.290 e. The summed E-state index contributed by atoms with van der Waals surface area (Å²) in [6.45, 7) is 1.38. The topological polar surface area (TPSA) is 40.8 Å². The molecule has 1 unspecified atom stereocenters. The molecule has 4 aromatic rings. The Bertz CT molecular complexity index is 1260. The molecule has 0 bridgehead atoms. The van der Waals surface area contributed by atoms with E-state index in [0.29, 0.717) is 30.5 Å². The molecule has 0 spiro atoms. The second-order valence-electron chi connectivity index (χ2n) is 8.47. The van der Waals surface area contributed by atoms with Gasteiger partial charge in [-0.25, -0.2) is 9.37 Å². The van der Waals surface area contributed by atoms with E-state index >= 15 is 0 Å². The van der Waals surface area contributed by atoms with Crippen LogP contribution in [0, 0.1) is 5.82 Å². The molecule has 5 nitrogen and oxygen atoms in total. The van der Waals surface area contributed by atoms with Crippen LogP contribution in [0.3, 0.4) is 0 Å². The zero-order chi connectivity index (χ0) is 22.2. The number of imidazole rings is 1. The van der Waals surface area contributed by atoms with E-state index in [0.717, 1.165) is 23.2 Å². The molecular formula is C26H25FN4O. The fourth-order valence-corrected chi connectivity index (χ4v) is 4.41. The third-order valence-corrected chi connectivity index (χ3v) is 6.21. The molecule has 2 aromatic heterocycles. The van der Waals surface area contributed by atoms with Gasteiger partial charge in [-0.05, 0) is 60.5 Å². The molecule has 1 aliphatic heterocycles. The van der Waals surface area contributed by atoms with Crippen molar-refractivity contribution in [3.8, 4) is 11.3 Å². The van der Waals surface area contributed by atoms with E-state index < -0.39 is 0 Å². The maximum Gasteiger partial charge on any atom is 0.290 e. The monoisotopic (exact) mass is 428 g/mol. The van der Waals surface area contributed by atoms with E-state index in [4.69, 9.17) is 4.98 Å². The lowest BCUT2D eigenvalue weighted by Gasteiger charge is -2.17. The SMILES string of the molecule is CN(C)c1ccc(C2CCN(C(=O)c3nc(-c4ccc(F)cc4)c4ccccn34)C2)cc1. The molecular weight excluding hydrogens is 403 g/mol. The minimum Gasteiger partial charge on any atom is -0.378 e. The molecule has 1 atom stereocenters. The highest BCUT2D eigenvalue weighted by atomic mass is 19.1. The van der Waals surface area contributed by atoms with Gasteiger partial charge in [-0.3, -0.25) is 9.20 Å². The highest BCUT2D eigenvalue weighted by molar-refractivity contribution is 5.94. The minimum atomic E-state index is -0.296. The van der Waals surface area contributed by atoms with Gasteiger partial charge < -0.3 is 9.80 Å². The minimum absolute atomic E-state index is 0.0769. The Balaban J connectivity index is 1.42. The lowest BCUT2D eigenvalue weighted by atomic mass is 9.98. The van der Waals surface area contributed by atoms with E-state index in [-0.39, 0.29) is 11.7 Å². The number of anilines is 1. The summed E-state index contributed by atoms with van der Waals surface area (Å²) in [6.07, 6.45) is 2.79. The summed E-state index contributed by atoms with van der Waals surface area (Å²) < 4.78 is 15.2. The molecule has 32 heavy (non-hydrogen) atoms. The van der Waals surface area contributed by atoms with E-state index in [1.807, 2.05) is 47.8 Å². The predicted octanol–water partition coefficient (Wildman–Crippen LogP) is 4.84. The first-order valence-corrected chi connectivity index (χ1v) is 10.8. The molecule has 6 heteroatoms. The number of amides is 1. The van der Waals surface area contributed by atoms with E-state index in [1.54, 1.807) is 12.1 Å². The Morgan fingerprint density at radius 3 is 2.50 bits per heavy atom. The van der Waals surface area contributed by atoms with Crippen molar-refractivity contribution >= 4 is 17.1 Å². The molecule has 1 fully saturated rings. The lowest BCUT2D eigenvalue weighted by Crippen LogP contribution is -2.30. The van der Waals surface area contributed by atoms with Gasteiger partial charge in [-0.1, -0.05) is 18.2 Å². The normalized spacial score (nSPS) is 16.0. The number of hydrogen-bond acceptors (Lipinski definition) is 3. The largest absolute Gasteiger partial charge is 0.378 e. The van der Waals surface area contributed by atoms with Crippen LogP contribution in [0.1, 0.15) is 28.5 Å². The molecule has 1 amide bonds. The summed E-state index contributed by atoms with van der Waals surface area (Å²) in [6, 6.07) is 20.5. The Hall–Kier alpha value is -3.67. The average molecular weight is 429 g/mol. The fourth-order valence-electron chi connectivity index (χ4n) is 4.41. The number of carbonyl (C=O) groups excluding carboxylic acids is 1. The van der Waals surface area contributed by atoms with Crippen molar-refractivity contribution < 1.29 is 9.18 Å². The Labute approximate surface area is 186 Å². The van der Waals surface area contributed by atoms with Gasteiger partial charge in [0.25, 0.3) is 5.91 Å². The summed E-state index contributed by atoms with van der Waals surface area (Å²) in [7, 11) is 4.06. The van der Waals surface area contributed by atoms with Crippen molar-refractivity contribution in [2.75, 3.05) is 32.1 Å². The molecule has 1 aliphatic rings. The van der Waals surface area contributed by atoms with Crippen LogP contribution in [-0.2, 0) is 0 Å². The number of hydrogen-bond donors (Lipinski definition) is 0. The Morgan fingerprint density at radius 2 is 1.78 bits per heavy atom. The maximum atomic E-state index is 13.5. The lowest BCUT2D eigenvalue weighted by molar-refractivity contribution is 0.0778. The summed E-state index contributed by atoms with van der Waals surface area (Å²) in [5.41, 5.74) is 4.72. The number of fused-ring (bicyclic) bond motifs is 1. The van der Waals surface area contributed by atoms with Gasteiger partial charge in [0.15, 0.2) is 0 Å². The first-order valence-electron chi connectivity index (χ1n) is 10.8. The standard InChI is InChI=1S/C26H25FN4O/c1-29(2)22-12-8-18(9-13-22)20-14-16-30(17-20)26(32)25-28-24(19-6-10-21(27)11-7-19)23-5-3-4-15-31(23)25/h3-13,15,20H,14,16-17H2,1-2H3. The van der Waals surface area contributed by atoms with Crippen LogP contribution >= 0.6 is 0 Å². The van der Waals surface area contributed by atoms with Crippen molar-refractivity contribution in [2.45, 2.75) is 12.3 Å². The molecule has 0 aliphatic carbocycles. The molecule has 0 radical (unpaired) electrons. The van der Waals surface area contributed by atoms with Crippen LogP contribution in [-0.4, -0.2) is 47.4 Å². The number of nitrogens with zero attached hydrogens (tertiary/aromatic N) is 4. The maximum absolute atomic E-state index is 13.5. The van der Waals surface area contributed by atoms with Gasteiger partial charge in [-0.2, -0.15) is 0 Å². The van der Waals surface area contributed by atoms with Crippen molar-refractivity contribution in [3.63, 3.8) is 0 Å². The van der Waals surface area contributed by atoms with Crippen LogP contribution < -0.4 is 4.90 Å². The molecule has 2 aromatic carbocycles. The molecule has 0 saturated carbocycles. The number of likely N-dealkylation sites (tertiary alicyclic amines) is 1. The van der Waals surface area contributed by atoms with Crippen LogP contribution in [0.15, 0.2) is 72.9 Å². The number of aromatic nitrogens is 2.